The molecule has 2 rings (SSSR count). The number of hydrogen-bond acceptors (Lipinski definition) is 8. The summed E-state index contributed by atoms with van der Waals surface area (Å²) in [5.41, 5.74) is 2.00. The lowest BCUT2D eigenvalue weighted by atomic mass is 10.0. The molecule has 8 nitrogen and oxygen atoms in total. The van der Waals surface area contributed by atoms with Crippen molar-refractivity contribution in [2.45, 2.75) is 20.3 Å². The Bertz CT molecular complexity index is 835. The Kier molecular flexibility index (Phi) is 12.9. The van der Waals surface area contributed by atoms with Crippen LogP contribution >= 0.6 is 0 Å². The lowest BCUT2D eigenvalue weighted by molar-refractivity contribution is 0.0500. The van der Waals surface area contributed by atoms with E-state index in [9.17, 15) is 10.2 Å². The molecule has 2 aromatic rings. The second-order valence-corrected chi connectivity index (χ2v) is 7.19. The van der Waals surface area contributed by atoms with Crippen molar-refractivity contribution in [3.63, 3.8) is 0 Å². The van der Waals surface area contributed by atoms with E-state index in [0.717, 1.165) is 5.57 Å². The van der Waals surface area contributed by atoms with E-state index in [1.54, 1.807) is 56.5 Å². The van der Waals surface area contributed by atoms with Gasteiger partial charge in [0, 0.05) is 26.4 Å². The number of methoxy groups -OCH3 is 2. The number of phenolic OH excluding ortho intramolecular Hbond substituents is 2. The second kappa shape index (κ2) is 15.1. The molecular weight excluding hydrogens is 416 g/mol. The number of aliphatic hydroxyl groups excluding tert-OH is 2. The van der Waals surface area contributed by atoms with E-state index in [0.29, 0.717) is 29.0 Å². The number of phenols is 2. The summed E-state index contributed by atoms with van der Waals surface area (Å²) < 4.78 is 20.3. The van der Waals surface area contributed by atoms with Gasteiger partial charge in [0.05, 0.1) is 12.2 Å². The van der Waals surface area contributed by atoms with Gasteiger partial charge < -0.3 is 39.4 Å². The van der Waals surface area contributed by atoms with Crippen LogP contribution in [0.1, 0.15) is 25.0 Å². The van der Waals surface area contributed by atoms with Crippen molar-refractivity contribution in [1.29, 1.82) is 0 Å². The van der Waals surface area contributed by atoms with Crippen molar-refractivity contribution in [1.82, 2.24) is 0 Å². The van der Waals surface area contributed by atoms with Crippen LogP contribution in [0, 0.1) is 5.92 Å². The molecular formula is C24H34O8. The van der Waals surface area contributed by atoms with Crippen molar-refractivity contribution in [3.8, 4) is 23.0 Å². The summed E-state index contributed by atoms with van der Waals surface area (Å²) in [6.07, 6.45) is 2.25. The number of ether oxygens (including phenoxy) is 4. The van der Waals surface area contributed by atoms with Crippen molar-refractivity contribution in [2.75, 3.05) is 41.0 Å². The molecule has 0 aliphatic carbocycles. The van der Waals surface area contributed by atoms with E-state index >= 15 is 0 Å². The van der Waals surface area contributed by atoms with Crippen LogP contribution in [-0.4, -0.2) is 61.4 Å². The highest BCUT2D eigenvalue weighted by Gasteiger charge is 2.12. The topological polar surface area (TPSA) is 118 Å². The Morgan fingerprint density at radius 2 is 1.47 bits per heavy atom. The maximum atomic E-state index is 9.73. The molecule has 178 valence electrons. The third kappa shape index (κ3) is 9.15. The van der Waals surface area contributed by atoms with Gasteiger partial charge in [0.1, 0.15) is 23.0 Å². The number of aromatic hydroxyl groups is 2. The number of rotatable bonds is 11. The standard InChI is InChI=1S/C12H18O4.C12H16O4/c2*1-9(7-13)6-10-11(14)4-3-5-12(10)16-8-15-2/h3-5,9,13-14H,6-8H2,1-2H3;3-6,13-14H,7-8H2,1-2H3/b;9-6-. The third-order valence-electron chi connectivity index (χ3n) is 4.32. The van der Waals surface area contributed by atoms with Gasteiger partial charge in [0.2, 0.25) is 0 Å². The van der Waals surface area contributed by atoms with Crippen LogP contribution in [-0.2, 0) is 15.9 Å². The predicted molar refractivity (Wildman–Crippen MR) is 122 cm³/mol. The summed E-state index contributed by atoms with van der Waals surface area (Å²) in [7, 11) is 3.07. The zero-order valence-corrected chi connectivity index (χ0v) is 19.1. The molecule has 0 radical (unpaired) electrons. The average molecular weight is 451 g/mol. The van der Waals surface area contributed by atoms with Gasteiger partial charge in [-0.25, -0.2) is 0 Å². The van der Waals surface area contributed by atoms with Crippen molar-refractivity contribution in [3.05, 3.63) is 53.1 Å². The van der Waals surface area contributed by atoms with Crippen LogP contribution in [0.3, 0.4) is 0 Å². The molecule has 0 bridgehead atoms. The van der Waals surface area contributed by atoms with Gasteiger partial charge in [-0.05, 0) is 55.2 Å². The summed E-state index contributed by atoms with van der Waals surface area (Å²) in [4.78, 5) is 0. The first-order chi connectivity index (χ1) is 15.4. The zero-order chi connectivity index (χ0) is 23.9. The molecule has 2 aromatic carbocycles. The largest absolute Gasteiger partial charge is 0.508 e. The van der Waals surface area contributed by atoms with E-state index in [1.807, 2.05) is 6.92 Å². The highest BCUT2D eigenvalue weighted by atomic mass is 16.7. The molecule has 0 saturated carbocycles. The molecule has 0 saturated heterocycles. The van der Waals surface area contributed by atoms with Gasteiger partial charge in [-0.15, -0.1) is 0 Å². The Balaban J connectivity index is 0.000000320. The molecule has 8 heteroatoms. The van der Waals surface area contributed by atoms with Crippen LogP contribution in [0.4, 0.5) is 0 Å². The fourth-order valence-corrected chi connectivity index (χ4v) is 2.65. The molecule has 0 fully saturated rings. The second-order valence-electron chi connectivity index (χ2n) is 7.19. The first kappa shape index (κ1) is 27.3. The summed E-state index contributed by atoms with van der Waals surface area (Å²) in [5.74, 6) is 1.50. The fourth-order valence-electron chi connectivity index (χ4n) is 2.65. The highest BCUT2D eigenvalue weighted by molar-refractivity contribution is 5.65. The maximum absolute atomic E-state index is 9.73. The van der Waals surface area contributed by atoms with Crippen molar-refractivity contribution >= 4 is 6.08 Å². The average Bonchev–Trinajstić information content (AvgIpc) is 2.79. The molecule has 1 unspecified atom stereocenters. The highest BCUT2D eigenvalue weighted by Crippen LogP contribution is 2.30. The molecule has 1 atom stereocenters. The van der Waals surface area contributed by atoms with Gasteiger partial charge in [-0.2, -0.15) is 0 Å². The van der Waals surface area contributed by atoms with Crippen LogP contribution in [0.2, 0.25) is 0 Å². The van der Waals surface area contributed by atoms with Gasteiger partial charge in [-0.1, -0.05) is 19.1 Å². The molecule has 0 aliphatic rings. The third-order valence-corrected chi connectivity index (χ3v) is 4.32. The minimum atomic E-state index is -0.0575. The van der Waals surface area contributed by atoms with E-state index in [-0.39, 0.29) is 44.2 Å². The Labute approximate surface area is 189 Å². The maximum Gasteiger partial charge on any atom is 0.188 e. The van der Waals surface area contributed by atoms with Crippen molar-refractivity contribution < 1.29 is 39.4 Å². The number of aliphatic hydroxyl groups is 2. The summed E-state index contributed by atoms with van der Waals surface area (Å²) in [5, 5.41) is 37.4. The van der Waals surface area contributed by atoms with Crippen LogP contribution < -0.4 is 9.47 Å². The SMILES string of the molecule is COCOc1cccc(O)c1/C=C(/C)CO.COCOc1cccc(O)c1CC(C)CO. The lowest BCUT2D eigenvalue weighted by Crippen LogP contribution is -2.08. The van der Waals surface area contributed by atoms with E-state index in [1.165, 1.54) is 7.11 Å². The quantitative estimate of drug-likeness (QED) is 0.385. The van der Waals surface area contributed by atoms with E-state index in [2.05, 4.69) is 0 Å². The Hall–Kier alpha value is -2.78. The molecule has 0 amide bonds. The summed E-state index contributed by atoms with van der Waals surface area (Å²) in [6.45, 7) is 3.96. The monoisotopic (exact) mass is 450 g/mol. The number of hydrogen-bond donors (Lipinski definition) is 4. The molecule has 4 N–H and O–H groups in total. The van der Waals surface area contributed by atoms with Gasteiger partial charge >= 0.3 is 0 Å². The van der Waals surface area contributed by atoms with Gasteiger partial charge in [-0.3, -0.25) is 0 Å². The van der Waals surface area contributed by atoms with Crippen LogP contribution in [0.5, 0.6) is 23.0 Å². The van der Waals surface area contributed by atoms with Gasteiger partial charge in [0.25, 0.3) is 0 Å². The minimum absolute atomic E-state index is 0.0575. The van der Waals surface area contributed by atoms with Crippen LogP contribution in [0.15, 0.2) is 42.0 Å². The first-order valence-corrected chi connectivity index (χ1v) is 10.1. The molecule has 0 aromatic heterocycles. The van der Waals surface area contributed by atoms with E-state index < -0.39 is 0 Å². The minimum Gasteiger partial charge on any atom is -0.508 e. The fraction of sp³-hybridized carbons (Fsp3) is 0.417. The number of benzene rings is 2. The molecule has 0 spiro atoms. The van der Waals surface area contributed by atoms with Crippen molar-refractivity contribution in [2.24, 2.45) is 5.92 Å². The predicted octanol–water partition coefficient (Wildman–Crippen LogP) is 3.32. The smallest absolute Gasteiger partial charge is 0.188 e. The molecule has 0 heterocycles. The Morgan fingerprint density at radius 1 is 0.906 bits per heavy atom. The van der Waals surface area contributed by atoms with Crippen LogP contribution in [0.25, 0.3) is 6.08 Å². The molecule has 32 heavy (non-hydrogen) atoms. The summed E-state index contributed by atoms with van der Waals surface area (Å²) in [6, 6.07) is 10.1. The lowest BCUT2D eigenvalue weighted by Gasteiger charge is -2.14. The molecule has 0 aliphatic heterocycles. The normalized spacial score (nSPS) is 12.0. The summed E-state index contributed by atoms with van der Waals surface area (Å²) >= 11 is 0. The first-order valence-electron chi connectivity index (χ1n) is 10.1. The van der Waals surface area contributed by atoms with Gasteiger partial charge in [0.15, 0.2) is 13.6 Å². The zero-order valence-electron chi connectivity index (χ0n) is 19.1. The Morgan fingerprint density at radius 3 is 2.03 bits per heavy atom. The van der Waals surface area contributed by atoms with E-state index in [4.69, 9.17) is 29.2 Å².